The second-order valence-corrected chi connectivity index (χ2v) is 10.1. The first-order valence-corrected chi connectivity index (χ1v) is 11.1. The van der Waals surface area contributed by atoms with Gasteiger partial charge >= 0.3 is 17.9 Å². The zero-order valence-corrected chi connectivity index (χ0v) is 20.3. The van der Waals surface area contributed by atoms with Crippen molar-refractivity contribution in [3.05, 3.63) is 33.4 Å². The lowest BCUT2D eigenvalue weighted by atomic mass is 9.75. The Morgan fingerprint density at radius 2 is 1.55 bits per heavy atom. The highest BCUT2D eigenvalue weighted by molar-refractivity contribution is 14.1. The van der Waals surface area contributed by atoms with E-state index in [1.54, 1.807) is 52.0 Å². The number of rotatable bonds is 11. The van der Waals surface area contributed by atoms with Crippen molar-refractivity contribution < 1.29 is 38.4 Å². The number of carbonyl (C=O) groups is 3. The van der Waals surface area contributed by atoms with Crippen LogP contribution < -0.4 is 0 Å². The molecule has 0 aromatic heterocycles. The SMILES string of the molecule is CC(C)(CC(C)(C)C(=O)OCC1CO1)C(=O)OCC(O)COC(=O)c1ccc(I)cc1. The van der Waals surface area contributed by atoms with Gasteiger partial charge in [-0.1, -0.05) is 0 Å². The van der Waals surface area contributed by atoms with Gasteiger partial charge in [0.1, 0.15) is 32.0 Å². The van der Waals surface area contributed by atoms with Crippen molar-refractivity contribution in [2.45, 2.75) is 46.3 Å². The van der Waals surface area contributed by atoms with Gasteiger partial charge in [-0.25, -0.2) is 4.79 Å². The first kappa shape index (κ1) is 25.5. The molecule has 2 rings (SSSR count). The summed E-state index contributed by atoms with van der Waals surface area (Å²) >= 11 is 2.12. The Morgan fingerprint density at radius 3 is 2.10 bits per heavy atom. The first-order valence-electron chi connectivity index (χ1n) is 9.97. The molecule has 9 heteroatoms. The number of esters is 3. The third-order valence-corrected chi connectivity index (χ3v) is 5.40. The minimum atomic E-state index is -1.16. The maximum absolute atomic E-state index is 12.5. The highest BCUT2D eigenvalue weighted by Crippen LogP contribution is 2.36. The van der Waals surface area contributed by atoms with Crippen LogP contribution in [0.5, 0.6) is 0 Å². The van der Waals surface area contributed by atoms with Crippen LogP contribution in [0.15, 0.2) is 24.3 Å². The molecule has 0 bridgehead atoms. The molecule has 1 aromatic rings. The summed E-state index contributed by atoms with van der Waals surface area (Å²) in [4.78, 5) is 36.8. The van der Waals surface area contributed by atoms with Crippen molar-refractivity contribution in [3.8, 4) is 0 Å². The Hall–Kier alpha value is -1.72. The van der Waals surface area contributed by atoms with Crippen molar-refractivity contribution in [1.82, 2.24) is 0 Å². The van der Waals surface area contributed by atoms with Crippen LogP contribution in [0.1, 0.15) is 44.5 Å². The lowest BCUT2D eigenvalue weighted by Crippen LogP contribution is -2.38. The molecule has 1 heterocycles. The molecule has 8 nitrogen and oxygen atoms in total. The number of aliphatic hydroxyl groups is 1. The lowest BCUT2D eigenvalue weighted by Gasteiger charge is -2.31. The smallest absolute Gasteiger partial charge is 0.338 e. The standard InChI is InChI=1S/C22H29IO8/c1-21(2,13-22(3,4)20(27)31-12-17-11-28-17)19(26)30-10-16(24)9-29-18(25)14-5-7-15(23)8-6-14/h5-8,16-17,24H,9-13H2,1-4H3. The maximum Gasteiger partial charge on any atom is 0.338 e. The van der Waals surface area contributed by atoms with Gasteiger partial charge in [-0.3, -0.25) is 9.59 Å². The minimum absolute atomic E-state index is 0.0287. The molecule has 31 heavy (non-hydrogen) atoms. The molecule has 0 amide bonds. The molecule has 0 aliphatic carbocycles. The van der Waals surface area contributed by atoms with Crippen molar-refractivity contribution in [3.63, 3.8) is 0 Å². The van der Waals surface area contributed by atoms with Crippen molar-refractivity contribution in [2.24, 2.45) is 10.8 Å². The Kier molecular flexibility index (Phi) is 8.84. The van der Waals surface area contributed by atoms with Gasteiger partial charge in [-0.2, -0.15) is 0 Å². The summed E-state index contributed by atoms with van der Waals surface area (Å²) in [6, 6.07) is 6.80. The molecule has 1 aromatic carbocycles. The third kappa shape index (κ3) is 8.38. The number of aliphatic hydroxyl groups excluding tert-OH is 1. The Labute approximate surface area is 195 Å². The quantitative estimate of drug-likeness (QED) is 0.195. The second kappa shape index (κ2) is 10.7. The molecule has 1 aliphatic heterocycles. The normalized spacial score (nSPS) is 16.9. The summed E-state index contributed by atoms with van der Waals surface area (Å²) in [7, 11) is 0. The Morgan fingerprint density at radius 1 is 1.03 bits per heavy atom. The molecular weight excluding hydrogens is 519 g/mol. The summed E-state index contributed by atoms with van der Waals surface area (Å²) in [6.07, 6.45) is -0.996. The van der Waals surface area contributed by atoms with Crippen molar-refractivity contribution in [2.75, 3.05) is 26.4 Å². The number of hydrogen-bond donors (Lipinski definition) is 1. The topological polar surface area (TPSA) is 112 Å². The summed E-state index contributed by atoms with van der Waals surface area (Å²) in [6.45, 7) is 6.91. The van der Waals surface area contributed by atoms with E-state index in [1.165, 1.54) is 0 Å². The van der Waals surface area contributed by atoms with Crippen molar-refractivity contribution >= 4 is 40.5 Å². The Balaban J connectivity index is 1.76. The van der Waals surface area contributed by atoms with Crippen LogP contribution >= 0.6 is 22.6 Å². The first-order chi connectivity index (χ1) is 14.4. The van der Waals surface area contributed by atoms with Gasteiger partial charge < -0.3 is 24.1 Å². The highest BCUT2D eigenvalue weighted by atomic mass is 127. The van der Waals surface area contributed by atoms with Crippen molar-refractivity contribution in [1.29, 1.82) is 0 Å². The van der Waals surface area contributed by atoms with E-state index in [9.17, 15) is 19.5 Å². The number of halogens is 1. The van der Waals surface area contributed by atoms with Gasteiger partial charge in [0.15, 0.2) is 0 Å². The zero-order chi connectivity index (χ0) is 23.2. The van der Waals surface area contributed by atoms with E-state index >= 15 is 0 Å². The van der Waals surface area contributed by atoms with E-state index in [0.29, 0.717) is 12.2 Å². The van der Waals surface area contributed by atoms with Gasteiger partial charge in [0.25, 0.3) is 0 Å². The van der Waals surface area contributed by atoms with E-state index < -0.39 is 34.8 Å². The highest BCUT2D eigenvalue weighted by Gasteiger charge is 2.41. The number of carbonyl (C=O) groups excluding carboxylic acids is 3. The van der Waals surface area contributed by atoms with E-state index in [2.05, 4.69) is 22.6 Å². The van der Waals surface area contributed by atoms with Gasteiger partial charge in [0, 0.05) is 3.57 Å². The Bertz CT molecular complexity index is 783. The molecule has 1 aliphatic rings. The molecule has 2 atom stereocenters. The van der Waals surface area contributed by atoms with Gasteiger partial charge in [0.2, 0.25) is 0 Å². The summed E-state index contributed by atoms with van der Waals surface area (Å²) < 4.78 is 21.5. The molecular formula is C22H29IO8. The molecule has 0 radical (unpaired) electrons. The summed E-state index contributed by atoms with van der Waals surface area (Å²) in [5.41, 5.74) is -1.52. The zero-order valence-electron chi connectivity index (χ0n) is 18.2. The molecule has 1 N–H and O–H groups in total. The fraction of sp³-hybridized carbons (Fsp3) is 0.591. The fourth-order valence-electron chi connectivity index (χ4n) is 3.03. The van der Waals surface area contributed by atoms with E-state index in [4.69, 9.17) is 18.9 Å². The van der Waals surface area contributed by atoms with Crippen LogP contribution in [-0.2, 0) is 28.5 Å². The van der Waals surface area contributed by atoms with Crippen LogP contribution in [0.4, 0.5) is 0 Å². The van der Waals surface area contributed by atoms with Crippen LogP contribution in [0, 0.1) is 14.4 Å². The lowest BCUT2D eigenvalue weighted by molar-refractivity contribution is -0.164. The molecule has 172 valence electrons. The average Bonchev–Trinajstić information content (AvgIpc) is 3.52. The molecule has 0 spiro atoms. The monoisotopic (exact) mass is 548 g/mol. The van der Waals surface area contributed by atoms with E-state index in [1.807, 2.05) is 0 Å². The van der Waals surface area contributed by atoms with Crippen LogP contribution in [0.25, 0.3) is 0 Å². The largest absolute Gasteiger partial charge is 0.462 e. The third-order valence-electron chi connectivity index (χ3n) is 4.69. The molecule has 0 saturated carbocycles. The number of ether oxygens (including phenoxy) is 4. The molecule has 1 fully saturated rings. The van der Waals surface area contributed by atoms with E-state index in [-0.39, 0.29) is 32.3 Å². The van der Waals surface area contributed by atoms with Gasteiger partial charge in [0.05, 0.1) is 23.0 Å². The summed E-state index contributed by atoms with van der Waals surface area (Å²) in [5, 5.41) is 10.0. The number of epoxide rings is 1. The average molecular weight is 548 g/mol. The predicted molar refractivity (Wildman–Crippen MR) is 119 cm³/mol. The van der Waals surface area contributed by atoms with Crippen LogP contribution in [0.3, 0.4) is 0 Å². The maximum atomic E-state index is 12.5. The predicted octanol–water partition coefficient (Wildman–Crippen LogP) is 2.74. The molecule has 2 unspecified atom stereocenters. The summed E-state index contributed by atoms with van der Waals surface area (Å²) in [5.74, 6) is -1.55. The second-order valence-electron chi connectivity index (χ2n) is 8.86. The fourth-order valence-corrected chi connectivity index (χ4v) is 3.39. The van der Waals surface area contributed by atoms with Crippen LogP contribution in [0.2, 0.25) is 0 Å². The van der Waals surface area contributed by atoms with Gasteiger partial charge in [-0.05, 0) is 81.0 Å². The minimum Gasteiger partial charge on any atom is -0.462 e. The van der Waals surface area contributed by atoms with Gasteiger partial charge in [-0.15, -0.1) is 0 Å². The number of hydrogen-bond acceptors (Lipinski definition) is 8. The van der Waals surface area contributed by atoms with E-state index in [0.717, 1.165) is 3.57 Å². The molecule has 1 saturated heterocycles. The van der Waals surface area contributed by atoms with Crippen LogP contribution in [-0.4, -0.2) is 61.6 Å². The number of benzene rings is 1.